The summed E-state index contributed by atoms with van der Waals surface area (Å²) >= 11 is 9.90. The minimum absolute atomic E-state index is 0.139. The Morgan fingerprint density at radius 2 is 2.05 bits per heavy atom. The molecule has 0 heterocycles. The van der Waals surface area contributed by atoms with Gasteiger partial charge in [0.05, 0.1) is 11.1 Å². The standard InChI is InChI=1S/C15H22BrClN2/c1-9-6-7-11(8-10(9)2)15(19-18)12-4-3-5-13(16)14(12)17/h3-5,9-11,15,19H,6-8,18H2,1-2H3. The third-order valence-electron chi connectivity index (χ3n) is 4.61. The van der Waals surface area contributed by atoms with Gasteiger partial charge in [0.15, 0.2) is 0 Å². The topological polar surface area (TPSA) is 38.0 Å². The summed E-state index contributed by atoms with van der Waals surface area (Å²) in [6, 6.07) is 6.19. The van der Waals surface area contributed by atoms with Crippen molar-refractivity contribution in [3.05, 3.63) is 33.3 Å². The van der Waals surface area contributed by atoms with Gasteiger partial charge >= 0.3 is 0 Å². The molecule has 1 aliphatic rings. The van der Waals surface area contributed by atoms with E-state index in [2.05, 4.69) is 41.3 Å². The van der Waals surface area contributed by atoms with E-state index < -0.39 is 0 Å². The van der Waals surface area contributed by atoms with Crippen LogP contribution in [0.2, 0.25) is 5.02 Å². The first-order chi connectivity index (χ1) is 9.04. The molecule has 0 saturated heterocycles. The molecule has 0 amide bonds. The van der Waals surface area contributed by atoms with Crippen LogP contribution in [0.25, 0.3) is 0 Å². The van der Waals surface area contributed by atoms with E-state index in [-0.39, 0.29) is 6.04 Å². The van der Waals surface area contributed by atoms with E-state index >= 15 is 0 Å². The highest BCUT2D eigenvalue weighted by molar-refractivity contribution is 9.10. The Morgan fingerprint density at radius 1 is 1.32 bits per heavy atom. The molecule has 1 fully saturated rings. The Morgan fingerprint density at radius 3 is 2.68 bits per heavy atom. The summed E-state index contributed by atoms with van der Waals surface area (Å²) in [6.45, 7) is 4.69. The molecule has 1 aliphatic carbocycles. The van der Waals surface area contributed by atoms with Crippen LogP contribution in [0.15, 0.2) is 22.7 Å². The number of halogens is 2. The van der Waals surface area contributed by atoms with Gasteiger partial charge in [0.1, 0.15) is 0 Å². The van der Waals surface area contributed by atoms with Crippen LogP contribution in [0.1, 0.15) is 44.7 Å². The van der Waals surface area contributed by atoms with Crippen LogP contribution in [0, 0.1) is 17.8 Å². The van der Waals surface area contributed by atoms with Crippen LogP contribution in [-0.2, 0) is 0 Å². The summed E-state index contributed by atoms with van der Waals surface area (Å²) in [7, 11) is 0. The van der Waals surface area contributed by atoms with Gasteiger partial charge in [-0.1, -0.05) is 44.0 Å². The molecule has 4 unspecified atom stereocenters. The van der Waals surface area contributed by atoms with E-state index in [0.717, 1.165) is 26.9 Å². The zero-order valence-electron chi connectivity index (χ0n) is 11.5. The highest BCUT2D eigenvalue weighted by Gasteiger charge is 2.31. The highest BCUT2D eigenvalue weighted by atomic mass is 79.9. The van der Waals surface area contributed by atoms with E-state index in [1.54, 1.807) is 0 Å². The number of rotatable bonds is 3. The van der Waals surface area contributed by atoms with E-state index in [4.69, 9.17) is 17.4 Å². The lowest BCUT2D eigenvalue weighted by atomic mass is 9.72. The van der Waals surface area contributed by atoms with Gasteiger partial charge in [-0.25, -0.2) is 0 Å². The predicted octanol–water partition coefficient (Wildman–Crippen LogP) is 4.68. The average Bonchev–Trinajstić information content (AvgIpc) is 2.39. The first-order valence-corrected chi connectivity index (χ1v) is 8.11. The molecule has 4 atom stereocenters. The molecule has 4 heteroatoms. The molecule has 1 aromatic carbocycles. The zero-order chi connectivity index (χ0) is 14.0. The van der Waals surface area contributed by atoms with Gasteiger partial charge < -0.3 is 0 Å². The molecule has 2 rings (SSSR count). The van der Waals surface area contributed by atoms with Crippen molar-refractivity contribution in [2.45, 2.75) is 39.2 Å². The van der Waals surface area contributed by atoms with Crippen LogP contribution in [0.5, 0.6) is 0 Å². The maximum Gasteiger partial charge on any atom is 0.0596 e. The van der Waals surface area contributed by atoms with Crippen molar-refractivity contribution in [3.8, 4) is 0 Å². The van der Waals surface area contributed by atoms with Gasteiger partial charge in [0.25, 0.3) is 0 Å². The van der Waals surface area contributed by atoms with Gasteiger partial charge in [-0.05, 0) is 58.2 Å². The first kappa shape index (κ1) is 15.3. The number of hydrogen-bond acceptors (Lipinski definition) is 2. The monoisotopic (exact) mass is 344 g/mol. The Bertz CT molecular complexity index is 438. The van der Waals surface area contributed by atoms with Crippen molar-refractivity contribution in [2.24, 2.45) is 23.6 Å². The fraction of sp³-hybridized carbons (Fsp3) is 0.600. The minimum Gasteiger partial charge on any atom is -0.271 e. The molecule has 1 aromatic rings. The fourth-order valence-corrected chi connectivity index (χ4v) is 3.76. The maximum atomic E-state index is 6.41. The fourth-order valence-electron chi connectivity index (χ4n) is 3.13. The second-order valence-corrected chi connectivity index (χ2v) is 7.05. The quantitative estimate of drug-likeness (QED) is 0.616. The summed E-state index contributed by atoms with van der Waals surface area (Å²) in [5.74, 6) is 7.93. The summed E-state index contributed by atoms with van der Waals surface area (Å²) in [4.78, 5) is 0. The Hall–Kier alpha value is -0.0900. The highest BCUT2D eigenvalue weighted by Crippen LogP contribution is 2.42. The van der Waals surface area contributed by atoms with Crippen molar-refractivity contribution in [3.63, 3.8) is 0 Å². The number of nitrogens with two attached hydrogens (primary N) is 1. The van der Waals surface area contributed by atoms with Crippen LogP contribution in [0.3, 0.4) is 0 Å². The van der Waals surface area contributed by atoms with Crippen molar-refractivity contribution in [2.75, 3.05) is 0 Å². The molecule has 0 bridgehead atoms. The largest absolute Gasteiger partial charge is 0.271 e. The molecule has 0 spiro atoms. The number of nitrogens with one attached hydrogen (secondary N) is 1. The molecule has 0 aliphatic heterocycles. The van der Waals surface area contributed by atoms with Gasteiger partial charge in [0.2, 0.25) is 0 Å². The predicted molar refractivity (Wildman–Crippen MR) is 84.9 cm³/mol. The average molecular weight is 346 g/mol. The van der Waals surface area contributed by atoms with Crippen LogP contribution in [0.4, 0.5) is 0 Å². The summed E-state index contributed by atoms with van der Waals surface area (Å²) < 4.78 is 0.934. The second-order valence-electron chi connectivity index (χ2n) is 5.82. The minimum atomic E-state index is 0.139. The van der Waals surface area contributed by atoms with Gasteiger partial charge in [0, 0.05) is 4.47 Å². The summed E-state index contributed by atoms with van der Waals surface area (Å²) in [5.41, 5.74) is 4.09. The van der Waals surface area contributed by atoms with Crippen molar-refractivity contribution < 1.29 is 0 Å². The molecule has 19 heavy (non-hydrogen) atoms. The normalized spacial score (nSPS) is 29.2. The molecule has 0 aromatic heterocycles. The second kappa shape index (κ2) is 6.57. The van der Waals surface area contributed by atoms with Crippen LogP contribution >= 0.6 is 27.5 Å². The zero-order valence-corrected chi connectivity index (χ0v) is 13.8. The summed E-state index contributed by atoms with van der Waals surface area (Å²) in [6.07, 6.45) is 3.69. The number of hydrazine groups is 1. The van der Waals surface area contributed by atoms with Crippen molar-refractivity contribution in [1.82, 2.24) is 5.43 Å². The van der Waals surface area contributed by atoms with Gasteiger partial charge in [-0.3, -0.25) is 11.3 Å². The Labute approximate surface area is 129 Å². The molecule has 1 saturated carbocycles. The lowest BCUT2D eigenvalue weighted by Crippen LogP contribution is -2.37. The smallest absolute Gasteiger partial charge is 0.0596 e. The van der Waals surface area contributed by atoms with Crippen LogP contribution < -0.4 is 11.3 Å². The van der Waals surface area contributed by atoms with E-state index in [0.29, 0.717) is 5.92 Å². The lowest BCUT2D eigenvalue weighted by Gasteiger charge is -2.37. The van der Waals surface area contributed by atoms with Gasteiger partial charge in [-0.15, -0.1) is 0 Å². The Balaban J connectivity index is 2.22. The third-order valence-corrected chi connectivity index (χ3v) is 5.92. The van der Waals surface area contributed by atoms with Crippen molar-refractivity contribution in [1.29, 1.82) is 0 Å². The van der Waals surface area contributed by atoms with Crippen LogP contribution in [-0.4, -0.2) is 0 Å². The van der Waals surface area contributed by atoms with Gasteiger partial charge in [-0.2, -0.15) is 0 Å². The molecule has 2 nitrogen and oxygen atoms in total. The maximum absolute atomic E-state index is 6.41. The Kier molecular flexibility index (Phi) is 5.29. The van der Waals surface area contributed by atoms with E-state index in [1.165, 1.54) is 19.3 Å². The molecular formula is C15H22BrClN2. The number of benzene rings is 1. The number of hydrogen-bond donors (Lipinski definition) is 2. The molecular weight excluding hydrogens is 324 g/mol. The third kappa shape index (κ3) is 3.33. The molecule has 0 radical (unpaired) electrons. The SMILES string of the molecule is CC1CCC(C(NN)c2cccc(Br)c2Cl)CC1C. The molecule has 3 N–H and O–H groups in total. The first-order valence-electron chi connectivity index (χ1n) is 6.94. The molecule has 106 valence electrons. The van der Waals surface area contributed by atoms with E-state index in [1.807, 2.05) is 12.1 Å². The lowest BCUT2D eigenvalue weighted by molar-refractivity contribution is 0.171. The summed E-state index contributed by atoms with van der Waals surface area (Å²) in [5, 5.41) is 0.775. The van der Waals surface area contributed by atoms with Crippen molar-refractivity contribution >= 4 is 27.5 Å². The van der Waals surface area contributed by atoms with E-state index in [9.17, 15) is 0 Å².